The van der Waals surface area contributed by atoms with E-state index in [1.54, 1.807) is 0 Å². The maximum atomic E-state index is 12.5. The van der Waals surface area contributed by atoms with E-state index in [1.165, 1.54) is 7.05 Å². The van der Waals surface area contributed by atoms with Gasteiger partial charge in [-0.25, -0.2) is 4.68 Å². The zero-order chi connectivity index (χ0) is 12.3. The second kappa shape index (κ2) is 4.45. The molecule has 0 atom stereocenters. The lowest BCUT2D eigenvalue weighted by Crippen LogP contribution is -2.09. The van der Waals surface area contributed by atoms with Crippen molar-refractivity contribution in [2.45, 2.75) is 12.8 Å². The molecule has 0 aliphatic heterocycles. The van der Waals surface area contributed by atoms with Crippen molar-refractivity contribution in [3.05, 3.63) is 11.3 Å². The molecule has 0 fully saturated rings. The molecule has 0 radical (unpaired) electrons. The fourth-order valence-corrected chi connectivity index (χ4v) is 1.21. The summed E-state index contributed by atoms with van der Waals surface area (Å²) in [6.45, 7) is -1.01. The van der Waals surface area contributed by atoms with E-state index in [4.69, 9.17) is 16.3 Å². The van der Waals surface area contributed by atoms with Gasteiger partial charge in [0.15, 0.2) is 12.3 Å². The van der Waals surface area contributed by atoms with Crippen LogP contribution in [0, 0.1) is 12.3 Å². The van der Waals surface area contributed by atoms with E-state index in [0.29, 0.717) is 0 Å². The lowest BCUT2D eigenvalue weighted by molar-refractivity contribution is -0.142. The van der Waals surface area contributed by atoms with Crippen LogP contribution in [0.25, 0.3) is 0 Å². The Morgan fingerprint density at radius 3 is 2.62 bits per heavy atom. The first-order valence-electron chi connectivity index (χ1n) is 4.22. The molecular weight excluding hydrogens is 225 g/mol. The van der Waals surface area contributed by atoms with Crippen molar-refractivity contribution in [2.75, 3.05) is 6.61 Å². The maximum absolute atomic E-state index is 12.5. The number of hydrogen-bond donors (Lipinski definition) is 1. The summed E-state index contributed by atoms with van der Waals surface area (Å²) in [7, 11) is 1.28. The van der Waals surface area contributed by atoms with Gasteiger partial charge in [-0.3, -0.25) is 0 Å². The van der Waals surface area contributed by atoms with E-state index in [1.807, 2.05) is 0 Å². The molecule has 0 amide bonds. The van der Waals surface area contributed by atoms with Crippen LogP contribution in [-0.2, 0) is 19.8 Å². The molecule has 0 saturated carbocycles. The van der Waals surface area contributed by atoms with Crippen LogP contribution < -0.4 is 4.74 Å². The van der Waals surface area contributed by atoms with Gasteiger partial charge in [0.2, 0.25) is 5.88 Å². The highest BCUT2D eigenvalue weighted by Gasteiger charge is 2.39. The number of nitrogens with zero attached hydrogens (tertiary/aromatic N) is 2. The number of hydrogen-bond acceptors (Lipinski definition) is 3. The van der Waals surface area contributed by atoms with E-state index in [2.05, 4.69) is 11.0 Å². The molecule has 88 valence electrons. The summed E-state index contributed by atoms with van der Waals surface area (Å²) in [4.78, 5) is 0. The van der Waals surface area contributed by atoms with Crippen LogP contribution in [0.15, 0.2) is 0 Å². The van der Waals surface area contributed by atoms with Crippen molar-refractivity contribution >= 4 is 0 Å². The molecule has 0 bridgehead atoms. The molecule has 1 aromatic rings. The molecule has 1 aromatic heterocycles. The van der Waals surface area contributed by atoms with Gasteiger partial charge < -0.3 is 9.84 Å². The first kappa shape index (κ1) is 12.4. The maximum Gasteiger partial charge on any atom is 0.435 e. The highest BCUT2D eigenvalue weighted by Crippen LogP contribution is 2.35. The van der Waals surface area contributed by atoms with Crippen LogP contribution in [0.4, 0.5) is 13.2 Å². The highest BCUT2D eigenvalue weighted by molar-refractivity contribution is 5.33. The quantitative estimate of drug-likeness (QED) is 0.792. The van der Waals surface area contributed by atoms with Gasteiger partial charge in [0.25, 0.3) is 0 Å². The van der Waals surface area contributed by atoms with Gasteiger partial charge in [-0.15, -0.1) is 6.42 Å². The standard InChI is InChI=1S/C9H9F3N2O2/c1-3-4-16-8-6(5-15)7(9(10,11)12)13-14(8)2/h1,15H,4-5H2,2H3. The fourth-order valence-electron chi connectivity index (χ4n) is 1.21. The average molecular weight is 234 g/mol. The normalized spacial score (nSPS) is 11.2. The van der Waals surface area contributed by atoms with Crippen LogP contribution in [0.5, 0.6) is 5.88 Å². The van der Waals surface area contributed by atoms with Crippen molar-refractivity contribution in [3.63, 3.8) is 0 Å². The second-order valence-corrected chi connectivity index (χ2v) is 2.90. The number of terminal acetylenes is 1. The van der Waals surface area contributed by atoms with Gasteiger partial charge in [-0.05, 0) is 0 Å². The van der Waals surface area contributed by atoms with Gasteiger partial charge in [-0.1, -0.05) is 5.92 Å². The van der Waals surface area contributed by atoms with Gasteiger partial charge in [0.05, 0.1) is 12.2 Å². The molecule has 0 aromatic carbocycles. The first-order valence-corrected chi connectivity index (χ1v) is 4.22. The lowest BCUT2D eigenvalue weighted by atomic mass is 10.2. The molecule has 0 spiro atoms. The average Bonchev–Trinajstić information content (AvgIpc) is 2.51. The number of ether oxygens (including phenoxy) is 1. The number of alkyl halides is 3. The summed E-state index contributed by atoms with van der Waals surface area (Å²) in [6, 6.07) is 0. The van der Waals surface area contributed by atoms with Crippen molar-refractivity contribution in [1.82, 2.24) is 9.78 Å². The minimum atomic E-state index is -4.63. The minimum absolute atomic E-state index is 0.173. The molecule has 4 nitrogen and oxygen atoms in total. The number of aliphatic hydroxyl groups is 1. The summed E-state index contributed by atoms with van der Waals surface area (Å²) in [5.41, 5.74) is -1.57. The van der Waals surface area contributed by atoms with Crippen LogP contribution in [0.3, 0.4) is 0 Å². The molecule has 16 heavy (non-hydrogen) atoms. The highest BCUT2D eigenvalue weighted by atomic mass is 19.4. The molecule has 1 N–H and O–H groups in total. The van der Waals surface area contributed by atoms with Crippen molar-refractivity contribution in [3.8, 4) is 18.2 Å². The van der Waals surface area contributed by atoms with E-state index in [9.17, 15) is 13.2 Å². The SMILES string of the molecule is C#CCOc1c(CO)c(C(F)(F)F)nn1C. The van der Waals surface area contributed by atoms with Crippen molar-refractivity contribution in [1.29, 1.82) is 0 Å². The van der Waals surface area contributed by atoms with Crippen molar-refractivity contribution < 1.29 is 23.0 Å². The Bertz CT molecular complexity index is 418. The van der Waals surface area contributed by atoms with Gasteiger partial charge >= 0.3 is 6.18 Å². The molecule has 7 heteroatoms. The van der Waals surface area contributed by atoms with Crippen LogP contribution in [-0.4, -0.2) is 21.5 Å². The number of aliphatic hydroxyl groups excluding tert-OH is 1. The van der Waals surface area contributed by atoms with Crippen molar-refractivity contribution in [2.24, 2.45) is 7.05 Å². The third-order valence-electron chi connectivity index (χ3n) is 1.81. The van der Waals surface area contributed by atoms with Gasteiger partial charge in [0, 0.05) is 7.05 Å². The minimum Gasteiger partial charge on any atom is -0.464 e. The van der Waals surface area contributed by atoms with Crippen LogP contribution in [0.2, 0.25) is 0 Å². The van der Waals surface area contributed by atoms with E-state index < -0.39 is 24.0 Å². The predicted molar refractivity (Wildman–Crippen MR) is 48.5 cm³/mol. The number of rotatable bonds is 3. The molecule has 0 unspecified atom stereocenters. The predicted octanol–water partition coefficient (Wildman–Crippen LogP) is 0.943. The Labute approximate surface area is 89.6 Å². The molecule has 1 rings (SSSR count). The summed E-state index contributed by atoms with van der Waals surface area (Å²) >= 11 is 0. The largest absolute Gasteiger partial charge is 0.464 e. The monoisotopic (exact) mass is 234 g/mol. The summed E-state index contributed by atoms with van der Waals surface area (Å²) in [6.07, 6.45) is 0.290. The summed E-state index contributed by atoms with van der Waals surface area (Å²) in [5, 5.41) is 12.1. The van der Waals surface area contributed by atoms with Crippen LogP contribution in [0.1, 0.15) is 11.3 Å². The molecule has 0 aliphatic rings. The smallest absolute Gasteiger partial charge is 0.435 e. The molecule has 0 saturated heterocycles. The zero-order valence-electron chi connectivity index (χ0n) is 8.38. The lowest BCUT2D eigenvalue weighted by Gasteiger charge is -2.05. The van der Waals surface area contributed by atoms with E-state index in [0.717, 1.165) is 4.68 Å². The Balaban J connectivity index is 3.19. The molecule has 0 aliphatic carbocycles. The van der Waals surface area contributed by atoms with Crippen LogP contribution >= 0.6 is 0 Å². The third-order valence-corrected chi connectivity index (χ3v) is 1.81. The second-order valence-electron chi connectivity index (χ2n) is 2.90. The van der Waals surface area contributed by atoms with Gasteiger partial charge in [-0.2, -0.15) is 18.3 Å². The Morgan fingerprint density at radius 1 is 1.56 bits per heavy atom. The van der Waals surface area contributed by atoms with Gasteiger partial charge in [0.1, 0.15) is 0 Å². The zero-order valence-corrected chi connectivity index (χ0v) is 8.38. The third kappa shape index (κ3) is 2.28. The Kier molecular flexibility index (Phi) is 3.44. The number of aryl methyl sites for hydroxylation is 1. The molecule has 1 heterocycles. The summed E-state index contributed by atoms with van der Waals surface area (Å²) < 4.78 is 43.2. The number of halogens is 3. The molecular formula is C9H9F3N2O2. The Morgan fingerprint density at radius 2 is 2.19 bits per heavy atom. The number of aromatic nitrogens is 2. The topological polar surface area (TPSA) is 47.3 Å². The summed E-state index contributed by atoms with van der Waals surface area (Å²) in [5.74, 6) is 1.94. The fraction of sp³-hybridized carbons (Fsp3) is 0.444. The Hall–Kier alpha value is -1.68. The van der Waals surface area contributed by atoms with E-state index >= 15 is 0 Å². The first-order chi connectivity index (χ1) is 7.41. The van der Waals surface area contributed by atoms with E-state index in [-0.39, 0.29) is 12.5 Å².